The van der Waals surface area contributed by atoms with Gasteiger partial charge >= 0.3 is 0 Å². The fourth-order valence-electron chi connectivity index (χ4n) is 1.90. The molecule has 0 atom stereocenters. The number of hydrogen-bond donors (Lipinski definition) is 1. The van der Waals surface area contributed by atoms with Gasteiger partial charge in [0.05, 0.1) is 13.2 Å². The van der Waals surface area contributed by atoms with Gasteiger partial charge in [0, 0.05) is 25.8 Å². The van der Waals surface area contributed by atoms with Gasteiger partial charge in [-0.15, -0.1) is 0 Å². The Balaban J connectivity index is 2.47. The molecule has 0 unspecified atom stereocenters. The Morgan fingerprint density at radius 1 is 1.25 bits per heavy atom. The number of rotatable bonds is 10. The molecule has 0 aliphatic carbocycles. The van der Waals surface area contributed by atoms with Crippen LogP contribution in [0.4, 0.5) is 4.39 Å². The number of benzene rings is 1. The molecular formula is C16H26FNO2. The van der Waals surface area contributed by atoms with Crippen LogP contribution in [-0.2, 0) is 11.3 Å². The van der Waals surface area contributed by atoms with Gasteiger partial charge in [-0.3, -0.25) is 0 Å². The third kappa shape index (κ3) is 6.87. The van der Waals surface area contributed by atoms with Gasteiger partial charge in [-0.25, -0.2) is 4.39 Å². The minimum absolute atomic E-state index is 0.233. The van der Waals surface area contributed by atoms with Crippen LogP contribution in [0.5, 0.6) is 5.75 Å². The van der Waals surface area contributed by atoms with Crippen LogP contribution >= 0.6 is 0 Å². The maximum Gasteiger partial charge on any atom is 0.123 e. The van der Waals surface area contributed by atoms with Crippen LogP contribution < -0.4 is 10.1 Å². The predicted octanol–water partition coefficient (Wildman–Crippen LogP) is 3.38. The summed E-state index contributed by atoms with van der Waals surface area (Å²) >= 11 is 0. The Labute approximate surface area is 121 Å². The standard InChI is InChI=1S/C16H26FNO2/c1-13(2)5-4-9-20-16-7-6-15(17)11-14(16)12-18-8-10-19-3/h6-7,11,13,18H,4-5,8-10,12H2,1-3H3. The smallest absolute Gasteiger partial charge is 0.123 e. The summed E-state index contributed by atoms with van der Waals surface area (Å²) in [4.78, 5) is 0. The summed E-state index contributed by atoms with van der Waals surface area (Å²) in [6, 6.07) is 4.67. The topological polar surface area (TPSA) is 30.5 Å². The fourth-order valence-corrected chi connectivity index (χ4v) is 1.90. The van der Waals surface area contributed by atoms with E-state index in [2.05, 4.69) is 19.2 Å². The highest BCUT2D eigenvalue weighted by molar-refractivity contribution is 5.33. The van der Waals surface area contributed by atoms with E-state index in [0.29, 0.717) is 25.7 Å². The van der Waals surface area contributed by atoms with Gasteiger partial charge in [-0.1, -0.05) is 13.8 Å². The molecule has 1 aromatic rings. The van der Waals surface area contributed by atoms with E-state index in [0.717, 1.165) is 30.7 Å². The van der Waals surface area contributed by atoms with E-state index in [1.54, 1.807) is 13.2 Å². The Hall–Kier alpha value is -1.13. The molecule has 0 saturated carbocycles. The number of nitrogens with one attached hydrogen (secondary N) is 1. The summed E-state index contributed by atoms with van der Waals surface area (Å²) in [6.07, 6.45) is 2.16. The van der Waals surface area contributed by atoms with Crippen molar-refractivity contribution in [2.24, 2.45) is 5.92 Å². The average molecular weight is 283 g/mol. The number of ether oxygens (including phenoxy) is 2. The molecule has 0 saturated heterocycles. The zero-order valence-electron chi connectivity index (χ0n) is 12.7. The second-order valence-electron chi connectivity index (χ2n) is 5.31. The van der Waals surface area contributed by atoms with Crippen LogP contribution in [0.1, 0.15) is 32.3 Å². The van der Waals surface area contributed by atoms with E-state index in [4.69, 9.17) is 9.47 Å². The zero-order chi connectivity index (χ0) is 14.8. The zero-order valence-corrected chi connectivity index (χ0v) is 12.7. The van der Waals surface area contributed by atoms with Crippen molar-refractivity contribution in [1.29, 1.82) is 0 Å². The molecule has 0 bridgehead atoms. The molecule has 4 heteroatoms. The van der Waals surface area contributed by atoms with Crippen molar-refractivity contribution in [2.75, 3.05) is 26.9 Å². The summed E-state index contributed by atoms with van der Waals surface area (Å²) in [5.41, 5.74) is 0.852. The lowest BCUT2D eigenvalue weighted by molar-refractivity contribution is 0.199. The van der Waals surface area contributed by atoms with Gasteiger partial charge in [0.1, 0.15) is 11.6 Å². The largest absolute Gasteiger partial charge is 0.493 e. The van der Waals surface area contributed by atoms with Crippen LogP contribution in [0.3, 0.4) is 0 Å². The molecule has 1 rings (SSSR count). The molecule has 0 aliphatic heterocycles. The number of methoxy groups -OCH3 is 1. The number of hydrogen-bond acceptors (Lipinski definition) is 3. The molecule has 0 amide bonds. The lowest BCUT2D eigenvalue weighted by Crippen LogP contribution is -2.19. The first-order valence-electron chi connectivity index (χ1n) is 7.24. The van der Waals surface area contributed by atoms with E-state index in [9.17, 15) is 4.39 Å². The molecular weight excluding hydrogens is 257 g/mol. The Morgan fingerprint density at radius 3 is 2.75 bits per heavy atom. The van der Waals surface area contributed by atoms with E-state index in [-0.39, 0.29) is 5.82 Å². The lowest BCUT2D eigenvalue weighted by atomic mass is 10.1. The summed E-state index contributed by atoms with van der Waals surface area (Å²) < 4.78 is 24.0. The first-order valence-corrected chi connectivity index (χ1v) is 7.24. The molecule has 0 radical (unpaired) electrons. The van der Waals surface area contributed by atoms with Crippen LogP contribution in [-0.4, -0.2) is 26.9 Å². The van der Waals surface area contributed by atoms with Gasteiger partial charge in [0.15, 0.2) is 0 Å². The molecule has 3 nitrogen and oxygen atoms in total. The number of halogens is 1. The normalized spacial score (nSPS) is 11.1. The summed E-state index contributed by atoms with van der Waals surface area (Å²) in [5, 5.41) is 3.21. The minimum Gasteiger partial charge on any atom is -0.493 e. The van der Waals surface area contributed by atoms with E-state index in [1.165, 1.54) is 12.1 Å². The van der Waals surface area contributed by atoms with Crippen molar-refractivity contribution >= 4 is 0 Å². The highest BCUT2D eigenvalue weighted by Gasteiger charge is 2.05. The maximum atomic E-state index is 13.3. The first kappa shape index (κ1) is 16.9. The molecule has 0 aromatic heterocycles. The van der Waals surface area contributed by atoms with Crippen LogP contribution in [0, 0.1) is 11.7 Å². The van der Waals surface area contributed by atoms with Crippen LogP contribution in [0.2, 0.25) is 0 Å². The van der Waals surface area contributed by atoms with Gasteiger partial charge < -0.3 is 14.8 Å². The highest BCUT2D eigenvalue weighted by atomic mass is 19.1. The van der Waals surface area contributed by atoms with Crippen LogP contribution in [0.25, 0.3) is 0 Å². The predicted molar refractivity (Wildman–Crippen MR) is 79.5 cm³/mol. The van der Waals surface area contributed by atoms with Gasteiger partial charge in [0.2, 0.25) is 0 Å². The summed E-state index contributed by atoms with van der Waals surface area (Å²) in [6.45, 7) is 7.03. The Morgan fingerprint density at radius 2 is 2.05 bits per heavy atom. The van der Waals surface area contributed by atoms with Crippen molar-refractivity contribution in [1.82, 2.24) is 5.32 Å². The minimum atomic E-state index is -0.233. The Bertz CT molecular complexity index is 383. The maximum absolute atomic E-state index is 13.3. The molecule has 20 heavy (non-hydrogen) atoms. The average Bonchev–Trinajstić information content (AvgIpc) is 2.41. The molecule has 0 heterocycles. The second kappa shape index (κ2) is 9.72. The molecule has 1 N–H and O–H groups in total. The fraction of sp³-hybridized carbons (Fsp3) is 0.625. The van der Waals surface area contributed by atoms with Crippen molar-refractivity contribution in [3.05, 3.63) is 29.6 Å². The summed E-state index contributed by atoms with van der Waals surface area (Å²) in [5.74, 6) is 1.21. The van der Waals surface area contributed by atoms with Gasteiger partial charge in [-0.05, 0) is 37.0 Å². The van der Waals surface area contributed by atoms with Crippen LogP contribution in [0.15, 0.2) is 18.2 Å². The molecule has 0 fully saturated rings. The second-order valence-corrected chi connectivity index (χ2v) is 5.31. The van der Waals surface area contributed by atoms with Crippen molar-refractivity contribution < 1.29 is 13.9 Å². The van der Waals surface area contributed by atoms with E-state index >= 15 is 0 Å². The monoisotopic (exact) mass is 283 g/mol. The van der Waals surface area contributed by atoms with E-state index < -0.39 is 0 Å². The molecule has 114 valence electrons. The first-order chi connectivity index (χ1) is 9.63. The molecule has 0 aliphatic rings. The third-order valence-corrected chi connectivity index (χ3v) is 3.00. The Kier molecular flexibility index (Phi) is 8.23. The summed E-state index contributed by atoms with van der Waals surface area (Å²) in [7, 11) is 1.66. The molecule has 1 aromatic carbocycles. The van der Waals surface area contributed by atoms with Gasteiger partial charge in [0.25, 0.3) is 0 Å². The van der Waals surface area contributed by atoms with Gasteiger partial charge in [-0.2, -0.15) is 0 Å². The third-order valence-electron chi connectivity index (χ3n) is 3.00. The van der Waals surface area contributed by atoms with E-state index in [1.807, 2.05) is 0 Å². The van der Waals surface area contributed by atoms with Crippen molar-refractivity contribution in [3.63, 3.8) is 0 Å². The SMILES string of the molecule is COCCNCc1cc(F)ccc1OCCCC(C)C. The quantitative estimate of drug-likeness (QED) is 0.668. The molecule has 0 spiro atoms. The van der Waals surface area contributed by atoms with Crippen molar-refractivity contribution in [2.45, 2.75) is 33.2 Å². The highest BCUT2D eigenvalue weighted by Crippen LogP contribution is 2.20. The van der Waals surface area contributed by atoms with Crippen molar-refractivity contribution in [3.8, 4) is 5.75 Å². The lowest BCUT2D eigenvalue weighted by Gasteiger charge is -2.13.